The van der Waals surface area contributed by atoms with Crippen LogP contribution in [0.25, 0.3) is 0 Å². The van der Waals surface area contributed by atoms with Crippen molar-refractivity contribution >= 4 is 11.6 Å². The Hall–Kier alpha value is -0.640. The molecule has 2 nitrogen and oxygen atoms in total. The lowest BCUT2D eigenvalue weighted by atomic mass is 9.88. The number of hydrogen-bond donors (Lipinski definition) is 1. The molecule has 0 saturated heterocycles. The molecule has 1 aromatic carbocycles. The van der Waals surface area contributed by atoms with Crippen LogP contribution >= 0.6 is 11.6 Å². The van der Waals surface area contributed by atoms with Crippen LogP contribution in [0.3, 0.4) is 0 Å². The highest BCUT2D eigenvalue weighted by molar-refractivity contribution is 6.30. The van der Waals surface area contributed by atoms with E-state index in [4.69, 9.17) is 16.3 Å². The van der Waals surface area contributed by atoms with E-state index in [1.54, 1.807) is 12.1 Å². The maximum atomic E-state index is 13.1. The first-order chi connectivity index (χ1) is 8.60. The van der Waals surface area contributed by atoms with Crippen molar-refractivity contribution in [2.45, 2.75) is 44.9 Å². The van der Waals surface area contributed by atoms with Gasteiger partial charge in [0, 0.05) is 18.7 Å². The summed E-state index contributed by atoms with van der Waals surface area (Å²) in [5, 5.41) is 3.69. The van der Waals surface area contributed by atoms with Gasteiger partial charge in [-0.3, -0.25) is 0 Å². The third kappa shape index (κ3) is 3.22. The zero-order valence-corrected chi connectivity index (χ0v) is 11.5. The molecule has 2 rings (SSSR count). The van der Waals surface area contributed by atoms with Crippen LogP contribution in [0.4, 0.5) is 4.39 Å². The van der Waals surface area contributed by atoms with Crippen LogP contribution in [0.2, 0.25) is 5.02 Å². The molecule has 0 bridgehead atoms. The van der Waals surface area contributed by atoms with Gasteiger partial charge in [0.1, 0.15) is 5.82 Å². The van der Waals surface area contributed by atoms with Crippen molar-refractivity contribution in [1.82, 2.24) is 5.32 Å². The van der Waals surface area contributed by atoms with Gasteiger partial charge in [0.15, 0.2) is 0 Å². The van der Waals surface area contributed by atoms with Gasteiger partial charge in [0.25, 0.3) is 0 Å². The van der Waals surface area contributed by atoms with Gasteiger partial charge in [-0.1, -0.05) is 17.7 Å². The number of hydrogen-bond acceptors (Lipinski definition) is 2. The van der Waals surface area contributed by atoms with E-state index >= 15 is 0 Å². The molecule has 0 spiro atoms. The van der Waals surface area contributed by atoms with Crippen LogP contribution in [0, 0.1) is 5.82 Å². The highest BCUT2D eigenvalue weighted by atomic mass is 35.5. The monoisotopic (exact) mass is 271 g/mol. The Kier molecular flexibility index (Phi) is 4.60. The number of benzene rings is 1. The van der Waals surface area contributed by atoms with E-state index in [0.29, 0.717) is 12.1 Å². The second-order valence-corrected chi connectivity index (χ2v) is 5.21. The number of halogens is 2. The van der Waals surface area contributed by atoms with Crippen LogP contribution in [-0.4, -0.2) is 18.8 Å². The Balaban J connectivity index is 1.85. The minimum absolute atomic E-state index is 0.177. The molecule has 0 aromatic heterocycles. The Bertz CT molecular complexity index is 407. The molecule has 0 heterocycles. The molecule has 1 saturated carbocycles. The maximum absolute atomic E-state index is 13.1. The Labute approximate surface area is 112 Å². The molecule has 0 aliphatic heterocycles. The minimum Gasteiger partial charge on any atom is -0.378 e. The van der Waals surface area contributed by atoms with Gasteiger partial charge in [-0.25, -0.2) is 4.39 Å². The van der Waals surface area contributed by atoms with Crippen molar-refractivity contribution in [3.8, 4) is 0 Å². The second-order valence-electron chi connectivity index (χ2n) is 4.81. The minimum atomic E-state index is -0.368. The van der Waals surface area contributed by atoms with Crippen LogP contribution in [0.5, 0.6) is 0 Å². The lowest BCUT2D eigenvalue weighted by Crippen LogP contribution is -2.46. The van der Waals surface area contributed by atoms with Crippen LogP contribution in [-0.2, 0) is 4.74 Å². The Morgan fingerprint density at radius 3 is 2.83 bits per heavy atom. The third-order valence-electron chi connectivity index (χ3n) is 3.43. The highest BCUT2D eigenvalue weighted by Gasteiger charge is 2.30. The SMILES string of the molecule is CCOC1CC(NC(C)c2ccc(F)c(Cl)c2)C1. The normalized spacial score (nSPS) is 24.7. The quantitative estimate of drug-likeness (QED) is 0.882. The highest BCUT2D eigenvalue weighted by Crippen LogP contribution is 2.27. The van der Waals surface area contributed by atoms with Crippen LogP contribution < -0.4 is 5.32 Å². The molecule has 1 unspecified atom stereocenters. The van der Waals surface area contributed by atoms with Crippen LogP contribution in [0.15, 0.2) is 18.2 Å². The summed E-state index contributed by atoms with van der Waals surface area (Å²) in [5.41, 5.74) is 1.02. The average molecular weight is 272 g/mol. The summed E-state index contributed by atoms with van der Waals surface area (Å²) in [7, 11) is 0. The van der Waals surface area contributed by atoms with Crippen molar-refractivity contribution in [1.29, 1.82) is 0 Å². The molecule has 1 aliphatic carbocycles. The van der Waals surface area contributed by atoms with Gasteiger partial charge in [0.2, 0.25) is 0 Å². The second kappa shape index (κ2) is 6.00. The number of ether oxygens (including phenoxy) is 1. The smallest absolute Gasteiger partial charge is 0.141 e. The summed E-state index contributed by atoms with van der Waals surface area (Å²) in [5.74, 6) is -0.368. The van der Waals surface area contributed by atoms with Gasteiger partial charge < -0.3 is 10.1 Å². The first-order valence-electron chi connectivity index (χ1n) is 6.42. The molecule has 1 aromatic rings. The first kappa shape index (κ1) is 13.8. The maximum Gasteiger partial charge on any atom is 0.141 e. The van der Waals surface area contributed by atoms with E-state index in [0.717, 1.165) is 25.0 Å². The standard InChI is InChI=1S/C14H19ClFNO/c1-3-18-12-7-11(8-12)17-9(2)10-4-5-14(16)13(15)6-10/h4-6,9,11-12,17H,3,7-8H2,1-2H3. The molecular formula is C14H19ClFNO. The van der Waals surface area contributed by atoms with E-state index < -0.39 is 0 Å². The lowest BCUT2D eigenvalue weighted by Gasteiger charge is -2.37. The topological polar surface area (TPSA) is 21.3 Å². The Morgan fingerprint density at radius 2 is 2.22 bits per heavy atom. The summed E-state index contributed by atoms with van der Waals surface area (Å²) >= 11 is 5.78. The van der Waals surface area contributed by atoms with Crippen molar-refractivity contribution in [2.24, 2.45) is 0 Å². The number of nitrogens with one attached hydrogen (secondary N) is 1. The summed E-state index contributed by atoms with van der Waals surface area (Å²) in [6, 6.07) is 5.54. The molecule has 4 heteroatoms. The van der Waals surface area contributed by atoms with Gasteiger partial charge in [-0.2, -0.15) is 0 Å². The van der Waals surface area contributed by atoms with Crippen LogP contribution in [0.1, 0.15) is 38.3 Å². The lowest BCUT2D eigenvalue weighted by molar-refractivity contribution is -0.0120. The average Bonchev–Trinajstić information content (AvgIpc) is 2.30. The fourth-order valence-electron chi connectivity index (χ4n) is 2.31. The van der Waals surface area contributed by atoms with E-state index in [1.807, 2.05) is 6.92 Å². The van der Waals surface area contributed by atoms with E-state index in [9.17, 15) is 4.39 Å². The van der Waals surface area contributed by atoms with Gasteiger partial charge >= 0.3 is 0 Å². The fourth-order valence-corrected chi connectivity index (χ4v) is 2.49. The van der Waals surface area contributed by atoms with Gasteiger partial charge in [0.05, 0.1) is 11.1 Å². The third-order valence-corrected chi connectivity index (χ3v) is 3.72. The van der Waals surface area contributed by atoms with Crippen molar-refractivity contribution in [3.05, 3.63) is 34.6 Å². The molecule has 1 atom stereocenters. The van der Waals surface area contributed by atoms with Gasteiger partial charge in [-0.15, -0.1) is 0 Å². The zero-order chi connectivity index (χ0) is 13.1. The summed E-state index contributed by atoms with van der Waals surface area (Å²) < 4.78 is 18.6. The van der Waals surface area contributed by atoms with E-state index in [-0.39, 0.29) is 16.9 Å². The van der Waals surface area contributed by atoms with E-state index in [1.165, 1.54) is 6.07 Å². The molecule has 0 radical (unpaired) electrons. The summed E-state index contributed by atoms with van der Waals surface area (Å²) in [4.78, 5) is 0. The van der Waals surface area contributed by atoms with E-state index in [2.05, 4.69) is 12.2 Å². The van der Waals surface area contributed by atoms with Crippen molar-refractivity contribution < 1.29 is 9.13 Å². The van der Waals surface area contributed by atoms with Crippen molar-refractivity contribution in [2.75, 3.05) is 6.61 Å². The molecule has 1 N–H and O–H groups in total. The largest absolute Gasteiger partial charge is 0.378 e. The summed E-state index contributed by atoms with van der Waals surface area (Å²) in [6.07, 6.45) is 2.50. The van der Waals surface area contributed by atoms with Gasteiger partial charge in [-0.05, 0) is 44.4 Å². The summed E-state index contributed by atoms with van der Waals surface area (Å²) in [6.45, 7) is 4.86. The predicted octanol–water partition coefficient (Wildman–Crippen LogP) is 3.70. The molecule has 0 amide bonds. The molecule has 100 valence electrons. The number of rotatable bonds is 5. The molecular weight excluding hydrogens is 253 g/mol. The molecule has 1 aliphatic rings. The predicted molar refractivity (Wildman–Crippen MR) is 71.4 cm³/mol. The molecule has 1 fully saturated rings. The first-order valence-corrected chi connectivity index (χ1v) is 6.80. The van der Waals surface area contributed by atoms with Crippen molar-refractivity contribution in [3.63, 3.8) is 0 Å². The molecule has 18 heavy (non-hydrogen) atoms. The fraction of sp³-hybridized carbons (Fsp3) is 0.571. The Morgan fingerprint density at radius 1 is 1.50 bits per heavy atom. The zero-order valence-electron chi connectivity index (χ0n) is 10.7.